The lowest BCUT2D eigenvalue weighted by Gasteiger charge is -2.17. The number of alkyl halides is 2. The first-order valence-corrected chi connectivity index (χ1v) is 9.19. The quantitative estimate of drug-likeness (QED) is 0.884. The number of anilines is 2. The third-order valence-electron chi connectivity index (χ3n) is 4.03. The number of benzene rings is 2. The van der Waals surface area contributed by atoms with Crippen LogP contribution in [0.1, 0.15) is 6.42 Å². The molecule has 8 heteroatoms. The summed E-state index contributed by atoms with van der Waals surface area (Å²) in [6, 6.07) is 13.8. The number of nitrogens with zero attached hydrogens (tertiary/aromatic N) is 1. The van der Waals surface area contributed by atoms with Crippen LogP contribution in [0.3, 0.4) is 0 Å². The first kappa shape index (κ1) is 17.3. The number of para-hydroxylation sites is 1. The summed E-state index contributed by atoms with van der Waals surface area (Å²) in [4.78, 5) is 13.7. The molecular formula is C17H16F2N2O3S. The van der Waals surface area contributed by atoms with Crippen LogP contribution in [0.5, 0.6) is 0 Å². The first-order chi connectivity index (χ1) is 11.9. The van der Waals surface area contributed by atoms with Gasteiger partial charge in [-0.15, -0.1) is 0 Å². The molecule has 25 heavy (non-hydrogen) atoms. The standard InChI is InChI=1S/C17H16F2N2O3S/c18-17(19)25(23,24)14-8-6-12(7-9-14)20-15-10-11-21(16(15)22)13-4-2-1-3-5-13/h1-9,15,17,20H,10-11H2. The van der Waals surface area contributed by atoms with Gasteiger partial charge in [0.2, 0.25) is 15.7 Å². The maximum atomic E-state index is 12.5. The fourth-order valence-corrected chi connectivity index (χ4v) is 3.44. The van der Waals surface area contributed by atoms with Crippen molar-refractivity contribution < 1.29 is 22.0 Å². The van der Waals surface area contributed by atoms with Crippen molar-refractivity contribution in [2.75, 3.05) is 16.8 Å². The molecule has 1 fully saturated rings. The fourth-order valence-electron chi connectivity index (χ4n) is 2.72. The lowest BCUT2D eigenvalue weighted by molar-refractivity contribution is -0.117. The molecule has 132 valence electrons. The second-order valence-electron chi connectivity index (χ2n) is 5.64. The van der Waals surface area contributed by atoms with Crippen molar-refractivity contribution in [2.45, 2.75) is 23.1 Å². The molecule has 1 amide bonds. The topological polar surface area (TPSA) is 66.5 Å². The van der Waals surface area contributed by atoms with E-state index >= 15 is 0 Å². The van der Waals surface area contributed by atoms with Crippen molar-refractivity contribution >= 4 is 27.1 Å². The number of carbonyl (C=O) groups excluding carboxylic acids is 1. The summed E-state index contributed by atoms with van der Waals surface area (Å²) in [5.41, 5.74) is 1.32. The van der Waals surface area contributed by atoms with Crippen LogP contribution in [0.2, 0.25) is 0 Å². The van der Waals surface area contributed by atoms with Crippen LogP contribution < -0.4 is 10.2 Å². The van der Waals surface area contributed by atoms with Crippen molar-refractivity contribution in [2.24, 2.45) is 0 Å². The highest BCUT2D eigenvalue weighted by Crippen LogP contribution is 2.25. The summed E-state index contributed by atoms with van der Waals surface area (Å²) < 4.78 is 47.9. The zero-order valence-corrected chi connectivity index (χ0v) is 13.9. The Hall–Kier alpha value is -2.48. The summed E-state index contributed by atoms with van der Waals surface area (Å²) >= 11 is 0. The Bertz CT molecular complexity index is 855. The van der Waals surface area contributed by atoms with Gasteiger partial charge in [-0.05, 0) is 42.8 Å². The van der Waals surface area contributed by atoms with Crippen LogP contribution in [0, 0.1) is 0 Å². The number of nitrogens with one attached hydrogen (secondary N) is 1. The Morgan fingerprint density at radius 3 is 2.28 bits per heavy atom. The van der Waals surface area contributed by atoms with E-state index < -0.39 is 26.5 Å². The van der Waals surface area contributed by atoms with E-state index in [9.17, 15) is 22.0 Å². The third kappa shape index (κ3) is 3.48. The van der Waals surface area contributed by atoms with Gasteiger partial charge in [0.05, 0.1) is 4.90 Å². The van der Waals surface area contributed by atoms with Crippen LogP contribution in [0.25, 0.3) is 0 Å². The monoisotopic (exact) mass is 366 g/mol. The van der Waals surface area contributed by atoms with Crippen molar-refractivity contribution in [3.8, 4) is 0 Å². The summed E-state index contributed by atoms with van der Waals surface area (Å²) in [6.07, 6.45) is 0.588. The van der Waals surface area contributed by atoms with Gasteiger partial charge in [0.25, 0.3) is 0 Å². The molecule has 0 bridgehead atoms. The molecule has 1 atom stereocenters. The molecule has 0 spiro atoms. The molecule has 0 aromatic heterocycles. The molecule has 1 heterocycles. The molecule has 5 nitrogen and oxygen atoms in total. The largest absolute Gasteiger partial charge is 0.374 e. The van der Waals surface area contributed by atoms with E-state index in [2.05, 4.69) is 5.32 Å². The van der Waals surface area contributed by atoms with E-state index in [1.54, 1.807) is 4.90 Å². The minimum Gasteiger partial charge on any atom is -0.374 e. The molecule has 2 aromatic rings. The van der Waals surface area contributed by atoms with Crippen molar-refractivity contribution in [3.05, 3.63) is 54.6 Å². The summed E-state index contributed by atoms with van der Waals surface area (Å²) in [5.74, 6) is -3.54. The number of carbonyl (C=O) groups is 1. The predicted molar refractivity (Wildman–Crippen MR) is 90.5 cm³/mol. The molecule has 1 aliphatic rings. The van der Waals surface area contributed by atoms with Gasteiger partial charge in [-0.2, -0.15) is 8.78 Å². The summed E-state index contributed by atoms with van der Waals surface area (Å²) in [7, 11) is -4.61. The second kappa shape index (κ2) is 6.79. The fraction of sp³-hybridized carbons (Fsp3) is 0.235. The van der Waals surface area contributed by atoms with Gasteiger partial charge in [-0.3, -0.25) is 4.79 Å². The molecule has 1 N–H and O–H groups in total. The SMILES string of the molecule is O=C1C(Nc2ccc(S(=O)(=O)C(F)F)cc2)CCN1c1ccccc1. The summed E-state index contributed by atoms with van der Waals surface area (Å²) in [5, 5.41) is 3.02. The molecule has 3 rings (SSSR count). The number of halogens is 2. The van der Waals surface area contributed by atoms with E-state index in [1.807, 2.05) is 30.3 Å². The van der Waals surface area contributed by atoms with Crippen molar-refractivity contribution in [1.29, 1.82) is 0 Å². The number of rotatable bonds is 5. The molecule has 0 aliphatic carbocycles. The van der Waals surface area contributed by atoms with Crippen LogP contribution in [0.15, 0.2) is 59.5 Å². The average molecular weight is 366 g/mol. The van der Waals surface area contributed by atoms with Crippen LogP contribution in [-0.2, 0) is 14.6 Å². The number of hydrogen-bond donors (Lipinski definition) is 1. The minimum absolute atomic E-state index is 0.0875. The minimum atomic E-state index is -4.61. The van der Waals surface area contributed by atoms with Gasteiger partial charge in [0, 0.05) is 17.9 Å². The lowest BCUT2D eigenvalue weighted by Crippen LogP contribution is -2.33. The smallest absolute Gasteiger partial charge is 0.341 e. The molecule has 0 radical (unpaired) electrons. The Kier molecular flexibility index (Phi) is 4.71. The maximum absolute atomic E-state index is 12.5. The van der Waals surface area contributed by atoms with Crippen molar-refractivity contribution in [1.82, 2.24) is 0 Å². The summed E-state index contributed by atoms with van der Waals surface area (Å²) in [6.45, 7) is 0.568. The zero-order valence-electron chi connectivity index (χ0n) is 13.1. The zero-order chi connectivity index (χ0) is 18.0. The van der Waals surface area contributed by atoms with Crippen molar-refractivity contribution in [3.63, 3.8) is 0 Å². The molecular weight excluding hydrogens is 350 g/mol. The Morgan fingerprint density at radius 2 is 1.68 bits per heavy atom. The number of sulfone groups is 1. The van der Waals surface area contributed by atoms with E-state index in [0.29, 0.717) is 18.7 Å². The first-order valence-electron chi connectivity index (χ1n) is 7.64. The Labute approximate surface area is 144 Å². The molecule has 2 aromatic carbocycles. The third-order valence-corrected chi connectivity index (χ3v) is 5.43. The molecule has 1 saturated heterocycles. The molecule has 1 aliphatic heterocycles. The predicted octanol–water partition coefficient (Wildman–Crippen LogP) is 2.90. The van der Waals surface area contributed by atoms with Crippen LogP contribution in [0.4, 0.5) is 20.2 Å². The highest BCUT2D eigenvalue weighted by molar-refractivity contribution is 7.91. The van der Waals surface area contributed by atoms with Crippen LogP contribution in [-0.4, -0.2) is 32.7 Å². The normalized spacial score (nSPS) is 18.0. The van der Waals surface area contributed by atoms with Gasteiger partial charge in [0.1, 0.15) is 6.04 Å². The van der Waals surface area contributed by atoms with Gasteiger partial charge >= 0.3 is 5.76 Å². The average Bonchev–Trinajstić information content (AvgIpc) is 2.97. The Balaban J connectivity index is 1.70. The van der Waals surface area contributed by atoms with E-state index in [4.69, 9.17) is 0 Å². The Morgan fingerprint density at radius 1 is 1.04 bits per heavy atom. The maximum Gasteiger partial charge on any atom is 0.341 e. The van der Waals surface area contributed by atoms with E-state index in [0.717, 1.165) is 17.8 Å². The highest BCUT2D eigenvalue weighted by Gasteiger charge is 2.32. The van der Waals surface area contributed by atoms with Crippen LogP contribution >= 0.6 is 0 Å². The van der Waals surface area contributed by atoms with E-state index in [1.165, 1.54) is 12.1 Å². The lowest BCUT2D eigenvalue weighted by atomic mass is 10.2. The number of hydrogen-bond acceptors (Lipinski definition) is 4. The van der Waals surface area contributed by atoms with Gasteiger partial charge in [0.15, 0.2) is 0 Å². The highest BCUT2D eigenvalue weighted by atomic mass is 32.2. The van der Waals surface area contributed by atoms with Gasteiger partial charge in [-0.1, -0.05) is 18.2 Å². The van der Waals surface area contributed by atoms with E-state index in [-0.39, 0.29) is 5.91 Å². The number of amides is 1. The van der Waals surface area contributed by atoms with Gasteiger partial charge < -0.3 is 10.2 Å². The second-order valence-corrected chi connectivity index (χ2v) is 7.56. The van der Waals surface area contributed by atoms with Gasteiger partial charge in [-0.25, -0.2) is 8.42 Å². The molecule has 1 unspecified atom stereocenters. The molecule has 0 saturated carbocycles.